The predicted octanol–water partition coefficient (Wildman–Crippen LogP) is 2.86. The van der Waals surface area contributed by atoms with E-state index in [2.05, 4.69) is 5.32 Å². The Morgan fingerprint density at radius 2 is 1.74 bits per heavy atom. The van der Waals surface area contributed by atoms with Crippen molar-refractivity contribution in [3.63, 3.8) is 0 Å². The van der Waals surface area contributed by atoms with E-state index < -0.39 is 113 Å². The first-order chi connectivity index (χ1) is 30.9. The number of amides is 2. The Bertz CT molecular complexity index is 2260. The van der Waals surface area contributed by atoms with Crippen LogP contribution in [0, 0.1) is 10.8 Å². The Labute approximate surface area is 376 Å². The minimum absolute atomic E-state index is 0.0266. The molecule has 2 amide bonds. The largest absolute Gasteiger partial charge is 0.462 e. The monoisotopic (exact) mass is 899 g/mol. The Kier molecular flexibility index (Phi) is 11.7. The average Bonchev–Trinajstić information content (AvgIpc) is 4.08. The Morgan fingerprint density at radius 1 is 1.00 bits per heavy atom. The minimum atomic E-state index is -1.55. The van der Waals surface area contributed by atoms with Gasteiger partial charge in [-0.25, -0.2) is 9.59 Å². The van der Waals surface area contributed by atoms with Gasteiger partial charge in [0, 0.05) is 43.7 Å². The molecule has 17 nitrogen and oxygen atoms in total. The number of aliphatic hydroxyl groups is 1. The number of fused-ring (bicyclic) bond motifs is 5. The van der Waals surface area contributed by atoms with E-state index >= 15 is 4.79 Å². The fourth-order valence-corrected chi connectivity index (χ4v) is 10.7. The van der Waals surface area contributed by atoms with Crippen molar-refractivity contribution in [3.05, 3.63) is 76.9 Å². The van der Waals surface area contributed by atoms with Crippen LogP contribution in [0.25, 0.3) is 6.08 Å². The second kappa shape index (κ2) is 16.9. The van der Waals surface area contributed by atoms with Crippen LogP contribution in [0.2, 0.25) is 0 Å². The van der Waals surface area contributed by atoms with Crippen LogP contribution < -0.4 is 5.32 Å². The van der Waals surface area contributed by atoms with Crippen LogP contribution in [0.3, 0.4) is 0 Å². The number of likely N-dealkylation sites (tertiary alicyclic amines) is 1. The van der Waals surface area contributed by atoms with Crippen molar-refractivity contribution in [1.82, 2.24) is 15.3 Å². The zero-order valence-corrected chi connectivity index (χ0v) is 37.3. The molecule has 2 bridgehead atoms. The quantitative estimate of drug-likeness (QED) is 0.179. The van der Waals surface area contributed by atoms with E-state index in [9.17, 15) is 29.1 Å². The Hall–Kier alpha value is -5.20. The van der Waals surface area contributed by atoms with E-state index in [-0.39, 0.29) is 39.0 Å². The third kappa shape index (κ3) is 8.45. The van der Waals surface area contributed by atoms with Crippen LogP contribution in [0.4, 0.5) is 0 Å². The van der Waals surface area contributed by atoms with Gasteiger partial charge in [0.25, 0.3) is 0 Å². The van der Waals surface area contributed by atoms with Gasteiger partial charge >= 0.3 is 23.9 Å². The molecule has 17 heteroatoms. The second-order valence-corrected chi connectivity index (χ2v) is 20.1. The number of aliphatic hydroxyl groups excluding tert-OH is 1. The van der Waals surface area contributed by atoms with Gasteiger partial charge in [0.15, 0.2) is 11.8 Å². The molecule has 5 saturated heterocycles. The number of nitrogens with zero attached hydrogens (tertiary/aromatic N) is 2. The molecule has 7 aliphatic rings. The van der Waals surface area contributed by atoms with Crippen molar-refractivity contribution in [3.8, 4) is 0 Å². The maximum Gasteiger partial charge on any atom is 0.348 e. The first-order valence-electron chi connectivity index (χ1n) is 22.5. The molecule has 2 aromatic rings. The summed E-state index contributed by atoms with van der Waals surface area (Å²) in [5.74, 6) is -4.41. The number of hydrogen-bond acceptors (Lipinski definition) is 15. The SMILES string of the molecule is CC(C)(C)OC(=O)CCC(CO)NC(=O)C1CCCN1C(=O)C12CC3OC(=O)C1N(Cc1cccc(C=CC(=O)OC4C(=O)OCC4(C)C)c1)OC2C1OC2(Cc4ccccc4C2)OC31. The summed E-state index contributed by atoms with van der Waals surface area (Å²) < 4.78 is 35.8. The maximum atomic E-state index is 15.6. The average molecular weight is 900 g/mol. The Morgan fingerprint density at radius 3 is 2.43 bits per heavy atom. The maximum absolute atomic E-state index is 15.6. The molecule has 9 atom stereocenters. The number of hydroxylamine groups is 2. The molecule has 5 aliphatic heterocycles. The first-order valence-corrected chi connectivity index (χ1v) is 22.5. The van der Waals surface area contributed by atoms with E-state index in [1.165, 1.54) is 16.0 Å². The zero-order valence-electron chi connectivity index (χ0n) is 37.3. The fourth-order valence-electron chi connectivity index (χ4n) is 10.7. The summed E-state index contributed by atoms with van der Waals surface area (Å²) in [6.45, 7) is 8.82. The van der Waals surface area contributed by atoms with E-state index in [1.54, 1.807) is 58.9 Å². The van der Waals surface area contributed by atoms with Gasteiger partial charge in [0.05, 0.1) is 19.2 Å². The summed E-state index contributed by atoms with van der Waals surface area (Å²) >= 11 is 0. The lowest BCUT2D eigenvalue weighted by Gasteiger charge is -2.50. The summed E-state index contributed by atoms with van der Waals surface area (Å²) in [4.78, 5) is 89.9. The number of nitrogens with one attached hydrogen (secondary N) is 1. The molecule has 2 N–H and O–H groups in total. The predicted molar refractivity (Wildman–Crippen MR) is 226 cm³/mol. The molecule has 1 saturated carbocycles. The van der Waals surface area contributed by atoms with Crippen molar-refractivity contribution in [2.75, 3.05) is 19.8 Å². The highest BCUT2D eigenvalue weighted by Crippen LogP contribution is 2.59. The normalized spacial score (nSPS) is 31.0. The number of ether oxygens (including phenoxy) is 6. The third-order valence-corrected chi connectivity index (χ3v) is 13.6. The standard InChI is InChI=1S/C48H57N3O14/c1-45(2,3)62-35(54)18-16-31(25-52)49-41(55)32-14-9-19-50(32)44(58)48-23-33-36-37(64-47(63-36)21-29-12-6-7-13-30(29)22-47)39(48)65-51(38(48)42(56)60-33)24-28-11-8-10-27(20-28)15-17-34(53)61-40-43(57)59-26-46(40,4)5/h6-8,10-13,15,17,20,31-33,36-40,52H,9,14,16,18-19,21-26H2,1-5H3,(H,49,55). The lowest BCUT2D eigenvalue weighted by atomic mass is 9.62. The van der Waals surface area contributed by atoms with Crippen molar-refractivity contribution in [2.24, 2.45) is 10.8 Å². The Balaban J connectivity index is 0.980. The molecule has 9 unspecified atom stereocenters. The van der Waals surface area contributed by atoms with E-state index in [0.717, 1.165) is 11.1 Å². The van der Waals surface area contributed by atoms with Crippen LogP contribution in [0.5, 0.6) is 0 Å². The summed E-state index contributed by atoms with van der Waals surface area (Å²) in [7, 11) is 0. The highest BCUT2D eigenvalue weighted by molar-refractivity contribution is 5.97. The van der Waals surface area contributed by atoms with E-state index in [1.807, 2.05) is 30.3 Å². The lowest BCUT2D eigenvalue weighted by molar-refractivity contribution is -0.218. The molecule has 5 heterocycles. The molecular weight excluding hydrogens is 843 g/mol. The molecule has 65 heavy (non-hydrogen) atoms. The lowest BCUT2D eigenvalue weighted by Crippen LogP contribution is -2.70. The van der Waals surface area contributed by atoms with Crippen molar-refractivity contribution in [1.29, 1.82) is 0 Å². The van der Waals surface area contributed by atoms with Gasteiger partial charge in [-0.2, -0.15) is 5.06 Å². The summed E-state index contributed by atoms with van der Waals surface area (Å²) in [6, 6.07) is 12.2. The number of hydrogen-bond donors (Lipinski definition) is 2. The van der Waals surface area contributed by atoms with Crippen molar-refractivity contribution in [2.45, 2.75) is 146 Å². The van der Waals surface area contributed by atoms with Crippen LogP contribution >= 0.6 is 0 Å². The zero-order chi connectivity index (χ0) is 46.1. The highest BCUT2D eigenvalue weighted by atomic mass is 16.8. The van der Waals surface area contributed by atoms with E-state index in [4.69, 9.17) is 33.3 Å². The number of carbonyl (C=O) groups is 6. The van der Waals surface area contributed by atoms with Gasteiger partial charge in [-0.05, 0) is 68.4 Å². The van der Waals surface area contributed by atoms with E-state index in [0.29, 0.717) is 36.8 Å². The van der Waals surface area contributed by atoms with Gasteiger partial charge < -0.3 is 43.7 Å². The van der Waals surface area contributed by atoms with Crippen LogP contribution in [0.1, 0.15) is 89.0 Å². The van der Waals surface area contributed by atoms with Crippen molar-refractivity contribution < 1.29 is 67.1 Å². The molecule has 1 spiro atoms. The molecule has 9 rings (SSSR count). The first kappa shape index (κ1) is 45.0. The van der Waals surface area contributed by atoms with Crippen molar-refractivity contribution >= 4 is 41.8 Å². The van der Waals surface area contributed by atoms with Crippen LogP contribution in [0.15, 0.2) is 54.6 Å². The molecule has 2 aromatic carbocycles. The highest BCUT2D eigenvalue weighted by Gasteiger charge is 2.77. The molecule has 0 radical (unpaired) electrons. The van der Waals surface area contributed by atoms with Gasteiger partial charge in [-0.3, -0.25) is 24.0 Å². The number of cyclic esters (lactones) is 1. The minimum Gasteiger partial charge on any atom is -0.462 e. The van der Waals surface area contributed by atoms with Gasteiger partial charge in [0.2, 0.25) is 17.9 Å². The molecule has 2 aliphatic carbocycles. The number of benzene rings is 2. The molecule has 348 valence electrons. The van der Waals surface area contributed by atoms with Gasteiger partial charge in [0.1, 0.15) is 48.1 Å². The van der Waals surface area contributed by atoms with Crippen LogP contribution in [-0.4, -0.2) is 131 Å². The number of rotatable bonds is 12. The smallest absolute Gasteiger partial charge is 0.348 e. The molecule has 6 fully saturated rings. The second-order valence-electron chi connectivity index (χ2n) is 20.1. The summed E-state index contributed by atoms with van der Waals surface area (Å²) in [5.41, 5.74) is 0.554. The van der Waals surface area contributed by atoms with Crippen LogP contribution in [-0.2, 0) is 81.4 Å². The molecule has 0 aromatic heterocycles. The number of carbonyl (C=O) groups excluding carboxylic acids is 6. The number of esters is 4. The summed E-state index contributed by atoms with van der Waals surface area (Å²) in [5, 5.41) is 14.5. The third-order valence-electron chi connectivity index (χ3n) is 13.6. The van der Waals surface area contributed by atoms with Gasteiger partial charge in [-0.1, -0.05) is 62.4 Å². The fraction of sp³-hybridized carbons (Fsp3) is 0.583. The molecular formula is C48H57N3O14. The summed E-state index contributed by atoms with van der Waals surface area (Å²) in [6.07, 6.45) is 0.281. The van der Waals surface area contributed by atoms with Gasteiger partial charge in [-0.15, -0.1) is 0 Å². The topological polar surface area (TPSA) is 206 Å².